The minimum atomic E-state index is 0.381. The highest BCUT2D eigenvalue weighted by molar-refractivity contribution is 7.80. The maximum atomic E-state index is 5.84. The molecular formula is C16H25N3OS. The Labute approximate surface area is 132 Å². The van der Waals surface area contributed by atoms with Gasteiger partial charge in [0.25, 0.3) is 0 Å². The summed E-state index contributed by atoms with van der Waals surface area (Å²) < 4.78 is 5.84. The summed E-state index contributed by atoms with van der Waals surface area (Å²) in [6.45, 7) is 3.86. The highest BCUT2D eigenvalue weighted by Gasteiger charge is 2.21. The Morgan fingerprint density at radius 3 is 2.90 bits per heavy atom. The molecule has 0 amide bonds. The molecule has 1 aliphatic heterocycles. The quantitative estimate of drug-likeness (QED) is 0.777. The zero-order chi connectivity index (χ0) is 15.2. The molecular weight excluding hydrogens is 282 g/mol. The summed E-state index contributed by atoms with van der Waals surface area (Å²) in [6.07, 6.45) is 2.61. The molecule has 1 aliphatic rings. The lowest BCUT2D eigenvalue weighted by Gasteiger charge is -2.25. The molecule has 1 heterocycles. The largest absolute Gasteiger partial charge is 0.492 e. The number of rotatable bonds is 7. The molecule has 2 N–H and O–H groups in total. The first-order chi connectivity index (χ1) is 10.1. The number of nitrogens with two attached hydrogens (primary N) is 1. The van der Waals surface area contributed by atoms with Gasteiger partial charge in [0.1, 0.15) is 17.3 Å². The molecule has 1 aromatic carbocycles. The highest BCUT2D eigenvalue weighted by atomic mass is 32.1. The van der Waals surface area contributed by atoms with Gasteiger partial charge >= 0.3 is 0 Å². The van der Waals surface area contributed by atoms with Gasteiger partial charge in [-0.3, -0.25) is 0 Å². The van der Waals surface area contributed by atoms with Gasteiger partial charge in [0.2, 0.25) is 0 Å². The number of ether oxygens (including phenoxy) is 1. The molecule has 4 nitrogen and oxygen atoms in total. The average molecular weight is 307 g/mol. The van der Waals surface area contributed by atoms with Crippen LogP contribution in [-0.2, 0) is 0 Å². The molecule has 0 spiro atoms. The standard InChI is InChI=1S/C16H25N3OS/c1-18(12-13-6-5-9-19(13)2)10-11-20-15-8-4-3-7-14(15)16(17)21/h3-4,7-8,13H,5-6,9-12H2,1-2H3,(H2,17,21). The van der Waals surface area contributed by atoms with E-state index in [0.29, 0.717) is 17.6 Å². The van der Waals surface area contributed by atoms with Crippen molar-refractivity contribution in [1.82, 2.24) is 9.80 Å². The van der Waals surface area contributed by atoms with Crippen molar-refractivity contribution >= 4 is 17.2 Å². The maximum Gasteiger partial charge on any atom is 0.129 e. The number of para-hydroxylation sites is 1. The molecule has 0 saturated carbocycles. The van der Waals surface area contributed by atoms with Crippen molar-refractivity contribution in [3.63, 3.8) is 0 Å². The first-order valence-electron chi connectivity index (χ1n) is 7.48. The number of likely N-dealkylation sites (tertiary alicyclic amines) is 1. The second-order valence-corrected chi connectivity index (χ2v) is 6.19. The zero-order valence-electron chi connectivity index (χ0n) is 12.9. The first kappa shape index (κ1) is 16.2. The Morgan fingerprint density at radius 2 is 2.24 bits per heavy atom. The predicted molar refractivity (Wildman–Crippen MR) is 91.0 cm³/mol. The van der Waals surface area contributed by atoms with Crippen LogP contribution >= 0.6 is 12.2 Å². The lowest BCUT2D eigenvalue weighted by molar-refractivity contribution is 0.189. The van der Waals surface area contributed by atoms with Crippen molar-refractivity contribution in [2.75, 3.05) is 40.3 Å². The van der Waals surface area contributed by atoms with Gasteiger partial charge in [-0.2, -0.15) is 0 Å². The topological polar surface area (TPSA) is 41.7 Å². The van der Waals surface area contributed by atoms with E-state index in [0.717, 1.165) is 24.4 Å². The molecule has 0 bridgehead atoms. The van der Waals surface area contributed by atoms with Gasteiger partial charge in [-0.15, -0.1) is 0 Å². The van der Waals surface area contributed by atoms with Crippen LogP contribution < -0.4 is 10.5 Å². The zero-order valence-corrected chi connectivity index (χ0v) is 13.7. The van der Waals surface area contributed by atoms with E-state index in [1.807, 2.05) is 24.3 Å². The van der Waals surface area contributed by atoms with Crippen molar-refractivity contribution in [1.29, 1.82) is 0 Å². The molecule has 0 radical (unpaired) electrons. The van der Waals surface area contributed by atoms with E-state index in [1.54, 1.807) is 0 Å². The normalized spacial score (nSPS) is 19.1. The summed E-state index contributed by atoms with van der Waals surface area (Å²) in [7, 11) is 4.36. The van der Waals surface area contributed by atoms with Gasteiger partial charge in [-0.25, -0.2) is 0 Å². The van der Waals surface area contributed by atoms with Crippen LogP contribution in [0, 0.1) is 0 Å². The van der Waals surface area contributed by atoms with Gasteiger partial charge in [0, 0.05) is 19.1 Å². The Hall–Kier alpha value is -1.17. The van der Waals surface area contributed by atoms with Gasteiger partial charge in [-0.1, -0.05) is 24.4 Å². The van der Waals surface area contributed by atoms with Crippen molar-refractivity contribution < 1.29 is 4.74 Å². The highest BCUT2D eigenvalue weighted by Crippen LogP contribution is 2.18. The fourth-order valence-corrected chi connectivity index (χ4v) is 2.94. The molecule has 5 heteroatoms. The van der Waals surface area contributed by atoms with Crippen LogP contribution in [0.25, 0.3) is 0 Å². The molecule has 1 aromatic rings. The number of likely N-dealkylation sites (N-methyl/N-ethyl adjacent to an activating group) is 2. The van der Waals surface area contributed by atoms with E-state index in [9.17, 15) is 0 Å². The monoisotopic (exact) mass is 307 g/mol. The lowest BCUT2D eigenvalue weighted by Crippen LogP contribution is -2.38. The fraction of sp³-hybridized carbons (Fsp3) is 0.562. The Kier molecular flexibility index (Phi) is 5.96. The van der Waals surface area contributed by atoms with Crippen LogP contribution in [0.15, 0.2) is 24.3 Å². The van der Waals surface area contributed by atoms with Crippen LogP contribution in [0.1, 0.15) is 18.4 Å². The third kappa shape index (κ3) is 4.66. The van der Waals surface area contributed by atoms with Crippen molar-refractivity contribution in [2.24, 2.45) is 5.73 Å². The minimum Gasteiger partial charge on any atom is -0.492 e. The summed E-state index contributed by atoms with van der Waals surface area (Å²) in [5.41, 5.74) is 6.52. The van der Waals surface area contributed by atoms with Crippen LogP contribution in [0.2, 0.25) is 0 Å². The molecule has 0 aliphatic carbocycles. The number of hydrogen-bond donors (Lipinski definition) is 1. The van der Waals surface area contributed by atoms with Crippen LogP contribution in [-0.4, -0.2) is 61.2 Å². The molecule has 1 unspecified atom stereocenters. The molecule has 116 valence electrons. The lowest BCUT2D eigenvalue weighted by atomic mass is 10.2. The van der Waals surface area contributed by atoms with Crippen LogP contribution in [0.4, 0.5) is 0 Å². The van der Waals surface area contributed by atoms with Crippen LogP contribution in [0.5, 0.6) is 5.75 Å². The van der Waals surface area contributed by atoms with E-state index in [-0.39, 0.29) is 0 Å². The number of benzene rings is 1. The molecule has 1 atom stereocenters. The Bertz CT molecular complexity index is 480. The van der Waals surface area contributed by atoms with Gasteiger partial charge in [0.05, 0.1) is 5.56 Å². The van der Waals surface area contributed by atoms with E-state index >= 15 is 0 Å². The van der Waals surface area contributed by atoms with Crippen LogP contribution in [0.3, 0.4) is 0 Å². The van der Waals surface area contributed by atoms with E-state index < -0.39 is 0 Å². The van der Waals surface area contributed by atoms with Gasteiger partial charge in [-0.05, 0) is 45.6 Å². The second kappa shape index (κ2) is 7.73. The van der Waals surface area contributed by atoms with E-state index in [4.69, 9.17) is 22.7 Å². The molecule has 2 rings (SSSR count). The average Bonchev–Trinajstić information content (AvgIpc) is 2.84. The maximum absolute atomic E-state index is 5.84. The Balaban J connectivity index is 1.77. The van der Waals surface area contributed by atoms with Gasteiger partial charge < -0.3 is 20.3 Å². The summed E-state index contributed by atoms with van der Waals surface area (Å²) >= 11 is 5.04. The van der Waals surface area contributed by atoms with Crippen molar-refractivity contribution in [3.8, 4) is 5.75 Å². The smallest absolute Gasteiger partial charge is 0.129 e. The molecule has 1 saturated heterocycles. The fourth-order valence-electron chi connectivity index (χ4n) is 2.77. The summed E-state index contributed by atoms with van der Waals surface area (Å²) in [5.74, 6) is 0.774. The van der Waals surface area contributed by atoms with E-state index in [2.05, 4.69) is 23.9 Å². The number of hydrogen-bond acceptors (Lipinski definition) is 4. The van der Waals surface area contributed by atoms with Crippen molar-refractivity contribution in [3.05, 3.63) is 29.8 Å². The summed E-state index contributed by atoms with van der Waals surface area (Å²) in [4.78, 5) is 5.15. The predicted octanol–water partition coefficient (Wildman–Crippen LogP) is 1.73. The Morgan fingerprint density at radius 1 is 1.48 bits per heavy atom. The van der Waals surface area contributed by atoms with E-state index in [1.165, 1.54) is 19.4 Å². The minimum absolute atomic E-state index is 0.381. The third-order valence-electron chi connectivity index (χ3n) is 4.08. The molecule has 0 aromatic heterocycles. The molecule has 21 heavy (non-hydrogen) atoms. The van der Waals surface area contributed by atoms with Gasteiger partial charge in [0.15, 0.2) is 0 Å². The summed E-state index contributed by atoms with van der Waals surface area (Å²) in [6, 6.07) is 8.35. The summed E-state index contributed by atoms with van der Waals surface area (Å²) in [5, 5.41) is 0. The first-order valence-corrected chi connectivity index (χ1v) is 7.89. The number of thiocarbonyl (C=S) groups is 1. The SMILES string of the molecule is CN(CCOc1ccccc1C(N)=S)CC1CCCN1C. The second-order valence-electron chi connectivity index (χ2n) is 5.75. The number of nitrogens with zero attached hydrogens (tertiary/aromatic N) is 2. The van der Waals surface area contributed by atoms with Crippen molar-refractivity contribution in [2.45, 2.75) is 18.9 Å². The molecule has 1 fully saturated rings. The third-order valence-corrected chi connectivity index (χ3v) is 4.30.